The van der Waals surface area contributed by atoms with E-state index in [1.54, 1.807) is 6.20 Å². The molecule has 1 N–H and O–H groups in total. The van der Waals surface area contributed by atoms with Gasteiger partial charge in [-0.05, 0) is 33.2 Å². The molecular formula is C12H20N4. The fraction of sp³-hybridized carbons (Fsp3) is 0.667. The summed E-state index contributed by atoms with van der Waals surface area (Å²) in [4.78, 5) is 4.23. The highest BCUT2D eigenvalue weighted by Gasteiger charge is 2.15. The number of hydrogen-bond acceptors (Lipinski definition) is 3. The molecule has 1 heterocycles. The second-order valence-corrected chi connectivity index (χ2v) is 4.73. The molecule has 16 heavy (non-hydrogen) atoms. The number of nitrogens with one attached hydrogen (secondary N) is 1. The molecule has 0 aromatic carbocycles. The van der Waals surface area contributed by atoms with Crippen LogP contribution in [-0.4, -0.2) is 16.1 Å². The van der Waals surface area contributed by atoms with Crippen LogP contribution in [0, 0.1) is 16.7 Å². The lowest BCUT2D eigenvalue weighted by molar-refractivity contribution is 0.424. The maximum atomic E-state index is 8.85. The van der Waals surface area contributed by atoms with E-state index >= 15 is 0 Å². The Kier molecular flexibility index (Phi) is 4.51. The maximum Gasteiger partial charge on any atom is 0.122 e. The van der Waals surface area contributed by atoms with Gasteiger partial charge < -0.3 is 9.88 Å². The number of nitrogens with zero attached hydrogens (tertiary/aromatic N) is 3. The number of nitriles is 1. The number of rotatable bonds is 6. The predicted octanol–water partition coefficient (Wildman–Crippen LogP) is 1.84. The fourth-order valence-corrected chi connectivity index (χ4v) is 1.48. The normalized spacial score (nSPS) is 11.4. The lowest BCUT2D eigenvalue weighted by atomic mass is 9.90. The van der Waals surface area contributed by atoms with Crippen LogP contribution in [0.2, 0.25) is 0 Å². The molecule has 4 heteroatoms. The van der Waals surface area contributed by atoms with Crippen LogP contribution in [-0.2, 0) is 13.6 Å². The van der Waals surface area contributed by atoms with Crippen LogP contribution in [0.25, 0.3) is 0 Å². The van der Waals surface area contributed by atoms with E-state index < -0.39 is 0 Å². The molecule has 0 atom stereocenters. The molecule has 0 bridgehead atoms. The third-order valence-electron chi connectivity index (χ3n) is 2.66. The smallest absolute Gasteiger partial charge is 0.122 e. The van der Waals surface area contributed by atoms with Gasteiger partial charge in [-0.1, -0.05) is 0 Å². The molecular weight excluding hydrogens is 200 g/mol. The van der Waals surface area contributed by atoms with E-state index in [4.69, 9.17) is 5.26 Å². The van der Waals surface area contributed by atoms with Crippen LogP contribution in [0.15, 0.2) is 12.4 Å². The molecule has 88 valence electrons. The standard InChI is InChI=1S/C12H20N4/c1-12(2,10-13)5-4-6-14-9-11-15-7-8-16(11)3/h7-8,14H,4-6,9H2,1-3H3. The molecule has 0 aliphatic rings. The first-order chi connectivity index (χ1) is 7.55. The van der Waals surface area contributed by atoms with Crippen molar-refractivity contribution in [1.29, 1.82) is 5.26 Å². The minimum absolute atomic E-state index is 0.203. The van der Waals surface area contributed by atoms with E-state index in [1.807, 2.05) is 31.7 Å². The zero-order valence-electron chi connectivity index (χ0n) is 10.3. The Morgan fingerprint density at radius 3 is 2.88 bits per heavy atom. The summed E-state index contributed by atoms with van der Waals surface area (Å²) in [5, 5.41) is 12.2. The van der Waals surface area contributed by atoms with Gasteiger partial charge in [-0.25, -0.2) is 4.98 Å². The molecule has 0 saturated heterocycles. The van der Waals surface area contributed by atoms with Gasteiger partial charge in [0, 0.05) is 19.4 Å². The molecule has 0 aliphatic carbocycles. The van der Waals surface area contributed by atoms with Gasteiger partial charge in [0.05, 0.1) is 18.0 Å². The van der Waals surface area contributed by atoms with E-state index in [0.717, 1.165) is 31.8 Å². The molecule has 0 fully saturated rings. The van der Waals surface area contributed by atoms with Crippen LogP contribution < -0.4 is 5.32 Å². The third kappa shape index (κ3) is 4.03. The Labute approximate surface area is 97.3 Å². The van der Waals surface area contributed by atoms with Crippen LogP contribution in [0.5, 0.6) is 0 Å². The summed E-state index contributed by atoms with van der Waals surface area (Å²) >= 11 is 0. The summed E-state index contributed by atoms with van der Waals surface area (Å²) in [6, 6.07) is 2.31. The van der Waals surface area contributed by atoms with Crippen LogP contribution in [0.3, 0.4) is 0 Å². The summed E-state index contributed by atoms with van der Waals surface area (Å²) in [6.45, 7) is 5.67. The Morgan fingerprint density at radius 2 is 2.31 bits per heavy atom. The SMILES string of the molecule is Cn1ccnc1CNCCCC(C)(C)C#N. The Hall–Kier alpha value is -1.34. The van der Waals surface area contributed by atoms with E-state index in [2.05, 4.69) is 16.4 Å². The molecule has 1 rings (SSSR count). The summed E-state index contributed by atoms with van der Waals surface area (Å²) in [6.07, 6.45) is 5.69. The van der Waals surface area contributed by atoms with Crippen molar-refractivity contribution in [3.63, 3.8) is 0 Å². The van der Waals surface area contributed by atoms with Gasteiger partial charge >= 0.3 is 0 Å². The van der Waals surface area contributed by atoms with E-state index in [1.165, 1.54) is 0 Å². The number of hydrogen-bond donors (Lipinski definition) is 1. The average Bonchev–Trinajstić information content (AvgIpc) is 2.64. The lowest BCUT2D eigenvalue weighted by Crippen LogP contribution is -2.19. The highest BCUT2D eigenvalue weighted by Crippen LogP contribution is 2.19. The monoisotopic (exact) mass is 220 g/mol. The largest absolute Gasteiger partial charge is 0.337 e. The molecule has 0 aliphatic heterocycles. The van der Waals surface area contributed by atoms with E-state index in [0.29, 0.717) is 0 Å². The Morgan fingerprint density at radius 1 is 1.56 bits per heavy atom. The van der Waals surface area contributed by atoms with Crippen molar-refractivity contribution in [3.05, 3.63) is 18.2 Å². The van der Waals surface area contributed by atoms with Gasteiger partial charge in [-0.15, -0.1) is 0 Å². The summed E-state index contributed by atoms with van der Waals surface area (Å²) in [7, 11) is 1.99. The minimum atomic E-state index is -0.203. The highest BCUT2D eigenvalue weighted by atomic mass is 15.1. The summed E-state index contributed by atoms with van der Waals surface area (Å²) in [5.41, 5.74) is -0.203. The van der Waals surface area contributed by atoms with Crippen molar-refractivity contribution in [2.24, 2.45) is 12.5 Å². The van der Waals surface area contributed by atoms with Crippen LogP contribution >= 0.6 is 0 Å². The minimum Gasteiger partial charge on any atom is -0.337 e. The first kappa shape index (κ1) is 12.7. The van der Waals surface area contributed by atoms with Crippen molar-refractivity contribution in [3.8, 4) is 6.07 Å². The van der Waals surface area contributed by atoms with E-state index in [9.17, 15) is 0 Å². The van der Waals surface area contributed by atoms with Crippen molar-refractivity contribution in [2.45, 2.75) is 33.2 Å². The quantitative estimate of drug-likeness (QED) is 0.744. The highest BCUT2D eigenvalue weighted by molar-refractivity contribution is 4.92. The molecule has 1 aromatic heterocycles. The third-order valence-corrected chi connectivity index (χ3v) is 2.66. The fourth-order valence-electron chi connectivity index (χ4n) is 1.48. The number of aromatic nitrogens is 2. The second-order valence-electron chi connectivity index (χ2n) is 4.73. The van der Waals surface area contributed by atoms with E-state index in [-0.39, 0.29) is 5.41 Å². The second kappa shape index (κ2) is 5.66. The number of imidazole rings is 1. The summed E-state index contributed by atoms with van der Waals surface area (Å²) < 4.78 is 2.01. The Bertz CT molecular complexity index is 359. The molecule has 0 saturated carbocycles. The predicted molar refractivity (Wildman–Crippen MR) is 63.5 cm³/mol. The average molecular weight is 220 g/mol. The first-order valence-electron chi connectivity index (χ1n) is 5.63. The van der Waals surface area contributed by atoms with Gasteiger partial charge in [0.25, 0.3) is 0 Å². The zero-order valence-corrected chi connectivity index (χ0v) is 10.3. The molecule has 1 aromatic rings. The molecule has 4 nitrogen and oxygen atoms in total. The zero-order chi connectivity index (χ0) is 12.0. The van der Waals surface area contributed by atoms with Gasteiger partial charge in [-0.2, -0.15) is 5.26 Å². The molecule has 0 unspecified atom stereocenters. The number of aryl methyl sites for hydroxylation is 1. The first-order valence-corrected chi connectivity index (χ1v) is 5.63. The van der Waals surface area contributed by atoms with Crippen molar-refractivity contribution in [1.82, 2.24) is 14.9 Å². The Balaban J connectivity index is 2.14. The van der Waals surface area contributed by atoms with Gasteiger partial charge in [0.15, 0.2) is 0 Å². The van der Waals surface area contributed by atoms with Crippen LogP contribution in [0.4, 0.5) is 0 Å². The van der Waals surface area contributed by atoms with Gasteiger partial charge in [0.1, 0.15) is 5.82 Å². The van der Waals surface area contributed by atoms with Crippen molar-refractivity contribution < 1.29 is 0 Å². The van der Waals surface area contributed by atoms with Crippen molar-refractivity contribution in [2.75, 3.05) is 6.54 Å². The topological polar surface area (TPSA) is 53.6 Å². The van der Waals surface area contributed by atoms with Crippen LogP contribution in [0.1, 0.15) is 32.5 Å². The molecule has 0 spiro atoms. The lowest BCUT2D eigenvalue weighted by Gasteiger charge is -2.14. The van der Waals surface area contributed by atoms with Gasteiger partial charge in [0.2, 0.25) is 0 Å². The summed E-state index contributed by atoms with van der Waals surface area (Å²) in [5.74, 6) is 1.04. The molecule has 0 radical (unpaired) electrons. The van der Waals surface area contributed by atoms with Crippen molar-refractivity contribution >= 4 is 0 Å². The molecule has 0 amide bonds. The van der Waals surface area contributed by atoms with Gasteiger partial charge in [-0.3, -0.25) is 0 Å². The maximum absolute atomic E-state index is 8.85.